The van der Waals surface area contributed by atoms with Crippen molar-refractivity contribution in [3.8, 4) is 11.5 Å². The fraction of sp³-hybridized carbons (Fsp3) is 0.333. The van der Waals surface area contributed by atoms with Crippen LogP contribution in [0.5, 0.6) is 11.5 Å². The zero-order valence-corrected chi connectivity index (χ0v) is 12.8. The van der Waals surface area contributed by atoms with Crippen molar-refractivity contribution in [3.63, 3.8) is 0 Å². The van der Waals surface area contributed by atoms with Crippen LogP contribution in [0.25, 0.3) is 0 Å². The first-order valence-corrected chi connectivity index (χ1v) is 7.36. The summed E-state index contributed by atoms with van der Waals surface area (Å²) < 4.78 is 0. The molecule has 3 nitrogen and oxygen atoms in total. The molecule has 2 aromatic rings. The minimum Gasteiger partial charge on any atom is -0.507 e. The van der Waals surface area contributed by atoms with Gasteiger partial charge in [0.05, 0.1) is 5.56 Å². The van der Waals surface area contributed by atoms with Crippen LogP contribution in [0.1, 0.15) is 49.0 Å². The van der Waals surface area contributed by atoms with E-state index in [0.29, 0.717) is 5.56 Å². The van der Waals surface area contributed by atoms with Crippen molar-refractivity contribution in [2.24, 2.45) is 0 Å². The molecule has 2 rings (SSSR count). The summed E-state index contributed by atoms with van der Waals surface area (Å²) in [4.78, 5) is 0. The number of benzene rings is 2. The zero-order valence-electron chi connectivity index (χ0n) is 12.8. The summed E-state index contributed by atoms with van der Waals surface area (Å²) >= 11 is 0. The van der Waals surface area contributed by atoms with E-state index in [1.807, 2.05) is 6.92 Å². The van der Waals surface area contributed by atoms with Crippen LogP contribution in [-0.2, 0) is 0 Å². The van der Waals surface area contributed by atoms with E-state index in [1.54, 1.807) is 18.2 Å². The van der Waals surface area contributed by atoms with E-state index in [1.165, 1.54) is 11.1 Å². The summed E-state index contributed by atoms with van der Waals surface area (Å²) in [5, 5.41) is 23.4. The standard InChI is InChI=1S/C18H23NO2/c1-4-15(14-10-8-12(2)9-11-14)19-13(3)18-16(20)6-5-7-17(18)21/h5-11,13,15,19-21H,4H2,1-3H3. The Balaban J connectivity index is 2.20. The Kier molecular flexibility index (Phi) is 4.86. The molecular formula is C18H23NO2. The molecule has 0 heterocycles. The second-order valence-electron chi connectivity index (χ2n) is 5.47. The number of phenolic OH excluding ortho intramolecular Hbond substituents is 2. The monoisotopic (exact) mass is 285 g/mol. The lowest BCUT2D eigenvalue weighted by Crippen LogP contribution is -2.24. The second kappa shape index (κ2) is 6.64. The van der Waals surface area contributed by atoms with E-state index >= 15 is 0 Å². The summed E-state index contributed by atoms with van der Waals surface area (Å²) in [7, 11) is 0. The van der Waals surface area contributed by atoms with E-state index in [0.717, 1.165) is 6.42 Å². The van der Waals surface area contributed by atoms with Gasteiger partial charge in [-0.15, -0.1) is 0 Å². The SMILES string of the molecule is CCC(NC(C)c1c(O)cccc1O)c1ccc(C)cc1. The van der Waals surface area contributed by atoms with Crippen LogP contribution in [0, 0.1) is 6.92 Å². The number of nitrogens with one attached hydrogen (secondary N) is 1. The highest BCUT2D eigenvalue weighted by atomic mass is 16.3. The van der Waals surface area contributed by atoms with Gasteiger partial charge in [-0.3, -0.25) is 0 Å². The van der Waals surface area contributed by atoms with Gasteiger partial charge in [-0.1, -0.05) is 42.8 Å². The van der Waals surface area contributed by atoms with E-state index in [2.05, 4.69) is 43.4 Å². The van der Waals surface area contributed by atoms with Crippen molar-refractivity contribution >= 4 is 0 Å². The van der Waals surface area contributed by atoms with Gasteiger partial charge in [0.2, 0.25) is 0 Å². The maximum Gasteiger partial charge on any atom is 0.124 e. The molecule has 0 fully saturated rings. The Morgan fingerprint density at radius 3 is 2.10 bits per heavy atom. The van der Waals surface area contributed by atoms with E-state index in [9.17, 15) is 10.2 Å². The van der Waals surface area contributed by atoms with Gasteiger partial charge in [-0.25, -0.2) is 0 Å². The first-order valence-electron chi connectivity index (χ1n) is 7.36. The van der Waals surface area contributed by atoms with Gasteiger partial charge in [0, 0.05) is 12.1 Å². The number of hydrogen-bond acceptors (Lipinski definition) is 3. The van der Waals surface area contributed by atoms with Crippen molar-refractivity contribution in [1.29, 1.82) is 0 Å². The second-order valence-corrected chi connectivity index (χ2v) is 5.47. The average Bonchev–Trinajstić information content (AvgIpc) is 2.45. The molecule has 3 N–H and O–H groups in total. The van der Waals surface area contributed by atoms with Crippen LogP contribution >= 0.6 is 0 Å². The topological polar surface area (TPSA) is 52.5 Å². The Hall–Kier alpha value is -2.00. The molecule has 21 heavy (non-hydrogen) atoms. The van der Waals surface area contributed by atoms with Crippen LogP contribution in [0.4, 0.5) is 0 Å². The molecule has 0 bridgehead atoms. The fourth-order valence-corrected chi connectivity index (χ4v) is 2.62. The molecule has 0 saturated carbocycles. The molecule has 2 aromatic carbocycles. The summed E-state index contributed by atoms with van der Waals surface area (Å²) in [6.07, 6.45) is 0.932. The molecule has 0 saturated heterocycles. The van der Waals surface area contributed by atoms with Gasteiger partial charge >= 0.3 is 0 Å². The third-order valence-corrected chi connectivity index (χ3v) is 3.83. The first kappa shape index (κ1) is 15.4. The molecule has 112 valence electrons. The predicted molar refractivity (Wildman–Crippen MR) is 85.5 cm³/mol. The molecule has 0 amide bonds. The van der Waals surface area contributed by atoms with Gasteiger partial charge in [-0.05, 0) is 38.0 Å². The normalized spacial score (nSPS) is 13.9. The molecule has 2 unspecified atom stereocenters. The highest BCUT2D eigenvalue weighted by Gasteiger charge is 2.18. The summed E-state index contributed by atoms with van der Waals surface area (Å²) in [6.45, 7) is 6.14. The Bertz CT molecular complexity index is 572. The van der Waals surface area contributed by atoms with Crippen molar-refractivity contribution < 1.29 is 10.2 Å². The number of aromatic hydroxyl groups is 2. The number of phenols is 2. The van der Waals surface area contributed by atoms with Gasteiger partial charge < -0.3 is 15.5 Å². The molecule has 2 atom stereocenters. The van der Waals surface area contributed by atoms with Crippen molar-refractivity contribution in [3.05, 3.63) is 59.2 Å². The van der Waals surface area contributed by atoms with Crippen LogP contribution in [0.3, 0.4) is 0 Å². The van der Waals surface area contributed by atoms with Gasteiger partial charge in [0.15, 0.2) is 0 Å². The number of hydrogen-bond donors (Lipinski definition) is 3. The summed E-state index contributed by atoms with van der Waals surface area (Å²) in [6, 6.07) is 13.3. The Morgan fingerprint density at radius 1 is 1.00 bits per heavy atom. The Morgan fingerprint density at radius 2 is 1.57 bits per heavy atom. The number of aryl methyl sites for hydroxylation is 1. The summed E-state index contributed by atoms with van der Waals surface area (Å²) in [5.41, 5.74) is 2.99. The molecule has 0 aliphatic rings. The van der Waals surface area contributed by atoms with E-state index < -0.39 is 0 Å². The highest BCUT2D eigenvalue weighted by molar-refractivity contribution is 5.45. The van der Waals surface area contributed by atoms with Crippen molar-refractivity contribution in [1.82, 2.24) is 5.32 Å². The molecule has 0 aliphatic carbocycles. The van der Waals surface area contributed by atoms with Crippen LogP contribution in [0.15, 0.2) is 42.5 Å². The lowest BCUT2D eigenvalue weighted by Gasteiger charge is -2.24. The van der Waals surface area contributed by atoms with Crippen molar-refractivity contribution in [2.75, 3.05) is 0 Å². The Labute approximate surface area is 126 Å². The molecule has 3 heteroatoms. The van der Waals surface area contributed by atoms with Gasteiger partial charge in [0.1, 0.15) is 11.5 Å². The van der Waals surface area contributed by atoms with Gasteiger partial charge in [0.25, 0.3) is 0 Å². The third-order valence-electron chi connectivity index (χ3n) is 3.83. The largest absolute Gasteiger partial charge is 0.507 e. The molecule has 0 aromatic heterocycles. The maximum atomic E-state index is 9.95. The smallest absolute Gasteiger partial charge is 0.124 e. The highest BCUT2D eigenvalue weighted by Crippen LogP contribution is 2.34. The lowest BCUT2D eigenvalue weighted by molar-refractivity contribution is 0.397. The number of rotatable bonds is 5. The maximum absolute atomic E-state index is 9.95. The molecule has 0 spiro atoms. The van der Waals surface area contributed by atoms with Crippen LogP contribution < -0.4 is 5.32 Å². The first-order chi connectivity index (χ1) is 10.0. The molecule has 0 radical (unpaired) electrons. The molecule has 0 aliphatic heterocycles. The van der Waals surface area contributed by atoms with E-state index in [4.69, 9.17) is 0 Å². The minimum atomic E-state index is -0.141. The quantitative estimate of drug-likeness (QED) is 0.771. The fourth-order valence-electron chi connectivity index (χ4n) is 2.62. The van der Waals surface area contributed by atoms with E-state index in [-0.39, 0.29) is 23.6 Å². The van der Waals surface area contributed by atoms with Gasteiger partial charge in [-0.2, -0.15) is 0 Å². The minimum absolute atomic E-state index is 0.119. The summed E-state index contributed by atoms with van der Waals surface area (Å²) in [5.74, 6) is 0.238. The third kappa shape index (κ3) is 3.56. The zero-order chi connectivity index (χ0) is 15.4. The van der Waals surface area contributed by atoms with Crippen LogP contribution in [0.2, 0.25) is 0 Å². The van der Waals surface area contributed by atoms with Crippen molar-refractivity contribution in [2.45, 2.75) is 39.3 Å². The molecular weight excluding hydrogens is 262 g/mol. The predicted octanol–water partition coefficient (Wildman–Crippen LogP) is 4.21. The van der Waals surface area contributed by atoms with Crippen LogP contribution in [-0.4, -0.2) is 10.2 Å². The lowest BCUT2D eigenvalue weighted by atomic mass is 9.99. The average molecular weight is 285 g/mol.